The molecular weight excluding hydrogens is 132 g/mol. The van der Waals surface area contributed by atoms with Crippen molar-refractivity contribution in [3.05, 3.63) is 18.9 Å². The Kier molecular flexibility index (Phi) is 0.858. The molecule has 0 saturated heterocycles. The van der Waals surface area contributed by atoms with Crippen molar-refractivity contribution in [2.45, 2.75) is 0 Å². The SMILES string of the molecule is On1cnc2ncncc21. The Labute approximate surface area is 55.9 Å². The van der Waals surface area contributed by atoms with Crippen molar-refractivity contribution >= 4 is 11.2 Å². The predicted octanol–water partition coefficient (Wildman–Crippen LogP) is 0.0636. The summed E-state index contributed by atoms with van der Waals surface area (Å²) in [7, 11) is 0. The fourth-order valence-corrected chi connectivity index (χ4v) is 0.748. The summed E-state index contributed by atoms with van der Waals surface area (Å²) in [5.41, 5.74) is 1.01. The van der Waals surface area contributed by atoms with Crippen molar-refractivity contribution in [2.24, 2.45) is 0 Å². The van der Waals surface area contributed by atoms with Crippen LogP contribution >= 0.6 is 0 Å². The predicted molar refractivity (Wildman–Crippen MR) is 32.5 cm³/mol. The molecule has 0 fully saturated rings. The summed E-state index contributed by atoms with van der Waals surface area (Å²) < 4.78 is 0.884. The van der Waals surface area contributed by atoms with Crippen LogP contribution in [0.1, 0.15) is 0 Å². The lowest BCUT2D eigenvalue weighted by Gasteiger charge is -1.87. The van der Waals surface area contributed by atoms with Gasteiger partial charge in [-0.05, 0) is 0 Å². The first-order chi connectivity index (χ1) is 4.88. The average Bonchev–Trinajstić information content (AvgIpc) is 2.34. The minimum atomic E-state index is 0.498. The molecule has 50 valence electrons. The van der Waals surface area contributed by atoms with Gasteiger partial charge >= 0.3 is 0 Å². The van der Waals surface area contributed by atoms with Gasteiger partial charge in [0.2, 0.25) is 0 Å². The van der Waals surface area contributed by atoms with Crippen LogP contribution in [0.3, 0.4) is 0 Å². The van der Waals surface area contributed by atoms with E-state index in [-0.39, 0.29) is 0 Å². The monoisotopic (exact) mass is 136 g/mol. The maximum atomic E-state index is 8.99. The highest BCUT2D eigenvalue weighted by Gasteiger charge is 1.98. The Morgan fingerprint density at radius 2 is 2.30 bits per heavy atom. The van der Waals surface area contributed by atoms with Crippen LogP contribution in [0.5, 0.6) is 0 Å². The molecule has 0 aliphatic carbocycles. The van der Waals surface area contributed by atoms with Crippen molar-refractivity contribution in [3.8, 4) is 0 Å². The lowest BCUT2D eigenvalue weighted by atomic mass is 10.6. The number of hydrogen-bond donors (Lipinski definition) is 1. The lowest BCUT2D eigenvalue weighted by molar-refractivity contribution is 0.198. The fraction of sp³-hybridized carbons (Fsp3) is 0. The van der Waals surface area contributed by atoms with Crippen molar-refractivity contribution in [3.63, 3.8) is 0 Å². The highest BCUT2D eigenvalue weighted by atomic mass is 16.5. The van der Waals surface area contributed by atoms with E-state index in [1.54, 1.807) is 0 Å². The second-order valence-corrected chi connectivity index (χ2v) is 1.82. The number of imidazole rings is 1. The van der Waals surface area contributed by atoms with Crippen LogP contribution in [0.4, 0.5) is 0 Å². The van der Waals surface area contributed by atoms with Crippen LogP contribution in [0.25, 0.3) is 11.2 Å². The lowest BCUT2D eigenvalue weighted by Crippen LogP contribution is -1.86. The van der Waals surface area contributed by atoms with E-state index in [4.69, 9.17) is 5.21 Å². The Hall–Kier alpha value is -1.65. The quantitative estimate of drug-likeness (QED) is 0.520. The van der Waals surface area contributed by atoms with Gasteiger partial charge in [-0.15, -0.1) is 0 Å². The van der Waals surface area contributed by atoms with Crippen LogP contribution in [0.15, 0.2) is 18.9 Å². The zero-order valence-electron chi connectivity index (χ0n) is 4.97. The molecule has 0 amide bonds. The van der Waals surface area contributed by atoms with Gasteiger partial charge in [0.05, 0.1) is 6.20 Å². The third kappa shape index (κ3) is 0.540. The summed E-state index contributed by atoms with van der Waals surface area (Å²) in [6.45, 7) is 0. The molecule has 0 radical (unpaired) electrons. The fourth-order valence-electron chi connectivity index (χ4n) is 0.748. The van der Waals surface area contributed by atoms with Crippen LogP contribution in [0.2, 0.25) is 0 Å². The van der Waals surface area contributed by atoms with Crippen LogP contribution in [0, 0.1) is 0 Å². The second-order valence-electron chi connectivity index (χ2n) is 1.82. The van der Waals surface area contributed by atoms with E-state index in [9.17, 15) is 0 Å². The molecule has 0 spiro atoms. The van der Waals surface area contributed by atoms with Crippen LogP contribution in [-0.2, 0) is 0 Å². The standard InChI is InChI=1S/C5H4N4O/c10-9-3-8-5-4(9)1-6-2-7-5/h1-3,10H. The summed E-state index contributed by atoms with van der Waals surface area (Å²) in [4.78, 5) is 11.3. The molecule has 2 heterocycles. The van der Waals surface area contributed by atoms with Gasteiger partial charge in [-0.2, -0.15) is 4.73 Å². The first kappa shape index (κ1) is 5.16. The third-order valence-corrected chi connectivity index (χ3v) is 1.21. The van der Waals surface area contributed by atoms with E-state index < -0.39 is 0 Å². The molecule has 2 aromatic rings. The smallest absolute Gasteiger partial charge is 0.184 e. The van der Waals surface area contributed by atoms with Crippen molar-refractivity contribution in [2.75, 3.05) is 0 Å². The maximum absolute atomic E-state index is 8.99. The molecular formula is C5H4N4O. The molecule has 5 heteroatoms. The first-order valence-electron chi connectivity index (χ1n) is 2.70. The molecule has 10 heavy (non-hydrogen) atoms. The topological polar surface area (TPSA) is 63.8 Å². The minimum Gasteiger partial charge on any atom is -0.427 e. The number of rotatable bonds is 0. The zero-order chi connectivity index (χ0) is 6.97. The molecule has 2 rings (SSSR count). The minimum absolute atomic E-state index is 0.498. The number of nitrogens with zero attached hydrogens (tertiary/aromatic N) is 4. The Morgan fingerprint density at radius 3 is 3.10 bits per heavy atom. The van der Waals surface area contributed by atoms with E-state index in [1.807, 2.05) is 0 Å². The maximum Gasteiger partial charge on any atom is 0.184 e. The molecule has 0 aliphatic rings. The van der Waals surface area contributed by atoms with Gasteiger partial charge in [0, 0.05) is 0 Å². The number of fused-ring (bicyclic) bond motifs is 1. The van der Waals surface area contributed by atoms with Crippen LogP contribution in [-0.4, -0.2) is 24.9 Å². The summed E-state index contributed by atoms with van der Waals surface area (Å²) in [5, 5.41) is 8.99. The summed E-state index contributed by atoms with van der Waals surface area (Å²) in [6.07, 6.45) is 4.16. The third-order valence-electron chi connectivity index (χ3n) is 1.21. The molecule has 0 aromatic carbocycles. The molecule has 5 nitrogen and oxygen atoms in total. The van der Waals surface area contributed by atoms with Crippen molar-refractivity contribution < 1.29 is 5.21 Å². The second kappa shape index (κ2) is 1.66. The average molecular weight is 136 g/mol. The van der Waals surface area contributed by atoms with Crippen LogP contribution < -0.4 is 0 Å². The Morgan fingerprint density at radius 1 is 1.40 bits per heavy atom. The zero-order valence-corrected chi connectivity index (χ0v) is 4.97. The van der Waals surface area contributed by atoms with E-state index in [0.29, 0.717) is 11.2 Å². The van der Waals surface area contributed by atoms with Crippen molar-refractivity contribution in [1.82, 2.24) is 19.7 Å². The first-order valence-corrected chi connectivity index (χ1v) is 2.70. The molecule has 0 bridgehead atoms. The van der Waals surface area contributed by atoms with E-state index in [1.165, 1.54) is 18.9 Å². The highest BCUT2D eigenvalue weighted by molar-refractivity contribution is 5.68. The van der Waals surface area contributed by atoms with Gasteiger partial charge < -0.3 is 5.21 Å². The molecule has 0 unspecified atom stereocenters. The van der Waals surface area contributed by atoms with Crippen molar-refractivity contribution in [1.29, 1.82) is 0 Å². The van der Waals surface area contributed by atoms with Gasteiger partial charge in [0.15, 0.2) is 5.65 Å². The number of hydrogen-bond acceptors (Lipinski definition) is 4. The molecule has 0 saturated carbocycles. The van der Waals surface area contributed by atoms with E-state index in [0.717, 1.165) is 4.73 Å². The molecule has 1 N–H and O–H groups in total. The molecule has 0 atom stereocenters. The Bertz CT molecular complexity index is 355. The largest absolute Gasteiger partial charge is 0.427 e. The molecule has 2 aromatic heterocycles. The van der Waals surface area contributed by atoms with Gasteiger partial charge in [0.1, 0.15) is 18.2 Å². The summed E-state index contributed by atoms with van der Waals surface area (Å²) >= 11 is 0. The van der Waals surface area contributed by atoms with Gasteiger partial charge in [-0.1, -0.05) is 0 Å². The van der Waals surface area contributed by atoms with Gasteiger partial charge in [-0.3, -0.25) is 0 Å². The van der Waals surface area contributed by atoms with E-state index >= 15 is 0 Å². The number of aromatic nitrogens is 4. The molecule has 0 aliphatic heterocycles. The summed E-state index contributed by atoms with van der Waals surface area (Å²) in [6, 6.07) is 0. The van der Waals surface area contributed by atoms with Gasteiger partial charge in [0.25, 0.3) is 0 Å². The summed E-state index contributed by atoms with van der Waals surface area (Å²) in [5.74, 6) is 0. The van der Waals surface area contributed by atoms with E-state index in [2.05, 4.69) is 15.0 Å². The highest BCUT2D eigenvalue weighted by Crippen LogP contribution is 2.03. The normalized spacial score (nSPS) is 10.4. The Balaban J connectivity index is 2.93. The van der Waals surface area contributed by atoms with Gasteiger partial charge in [-0.25, -0.2) is 15.0 Å².